The smallest absolute Gasteiger partial charge is 0.422 e. The van der Waals surface area contributed by atoms with Crippen molar-refractivity contribution in [2.45, 2.75) is 19.1 Å². The molecule has 0 atom stereocenters. The van der Waals surface area contributed by atoms with E-state index in [0.717, 1.165) is 0 Å². The fourth-order valence-electron chi connectivity index (χ4n) is 1.22. The van der Waals surface area contributed by atoms with E-state index in [1.54, 1.807) is 6.07 Å². The minimum absolute atomic E-state index is 0. The lowest BCUT2D eigenvalue weighted by atomic mass is 10.2. The van der Waals surface area contributed by atoms with Gasteiger partial charge >= 0.3 is 6.18 Å². The molecule has 0 fully saturated rings. The second-order valence-corrected chi connectivity index (χ2v) is 3.72. The zero-order chi connectivity index (χ0) is 14.3. The van der Waals surface area contributed by atoms with Crippen LogP contribution in [0.15, 0.2) is 18.3 Å². The van der Waals surface area contributed by atoms with Crippen molar-refractivity contribution in [3.63, 3.8) is 0 Å². The number of hydrogen-bond acceptors (Lipinski definition) is 4. The number of carbonyl (C=O) groups excluding carboxylic acids is 1. The average molecular weight is 314 g/mol. The third-order valence-electron chi connectivity index (χ3n) is 2.04. The van der Waals surface area contributed by atoms with Gasteiger partial charge in [-0.15, -0.1) is 12.4 Å². The van der Waals surface area contributed by atoms with Gasteiger partial charge in [-0.2, -0.15) is 13.2 Å². The van der Waals surface area contributed by atoms with Gasteiger partial charge in [0.1, 0.15) is 0 Å². The summed E-state index contributed by atoms with van der Waals surface area (Å²) >= 11 is 0. The molecule has 0 aliphatic carbocycles. The third kappa shape index (κ3) is 7.80. The largest absolute Gasteiger partial charge is 0.468 e. The van der Waals surface area contributed by atoms with E-state index in [0.29, 0.717) is 5.56 Å². The van der Waals surface area contributed by atoms with E-state index in [1.807, 2.05) is 0 Å². The summed E-state index contributed by atoms with van der Waals surface area (Å²) in [7, 11) is 0. The molecule has 1 heterocycles. The molecule has 0 bridgehead atoms. The summed E-state index contributed by atoms with van der Waals surface area (Å²) in [5.41, 5.74) is 5.80. The van der Waals surface area contributed by atoms with E-state index in [9.17, 15) is 18.0 Å². The van der Waals surface area contributed by atoms with Gasteiger partial charge in [0.15, 0.2) is 6.61 Å². The minimum atomic E-state index is -4.41. The van der Waals surface area contributed by atoms with Crippen molar-refractivity contribution >= 4 is 18.3 Å². The van der Waals surface area contributed by atoms with Gasteiger partial charge in [0.2, 0.25) is 11.8 Å². The van der Waals surface area contributed by atoms with Crippen molar-refractivity contribution in [1.82, 2.24) is 10.3 Å². The fraction of sp³-hybridized carbons (Fsp3) is 0.455. The monoisotopic (exact) mass is 313 g/mol. The number of halogens is 4. The second kappa shape index (κ2) is 8.60. The highest BCUT2D eigenvalue weighted by atomic mass is 35.5. The molecule has 5 nitrogen and oxygen atoms in total. The van der Waals surface area contributed by atoms with E-state index >= 15 is 0 Å². The summed E-state index contributed by atoms with van der Waals surface area (Å²) in [6.45, 7) is -0.977. The molecular formula is C11H15ClF3N3O2. The SMILES string of the molecule is Cl.NCCC(=O)NCc1ccnc(OCC(F)(F)F)c1. The molecule has 1 amide bonds. The summed E-state index contributed by atoms with van der Waals surface area (Å²) in [6.07, 6.45) is -2.90. The first kappa shape index (κ1) is 18.5. The Morgan fingerprint density at radius 3 is 2.75 bits per heavy atom. The predicted octanol–water partition coefficient (Wildman–Crippen LogP) is 1.41. The lowest BCUT2D eigenvalue weighted by Gasteiger charge is -2.09. The number of carbonyl (C=O) groups is 1. The van der Waals surface area contributed by atoms with Crippen LogP contribution in [-0.2, 0) is 11.3 Å². The van der Waals surface area contributed by atoms with Crippen molar-refractivity contribution in [1.29, 1.82) is 0 Å². The van der Waals surface area contributed by atoms with Gasteiger partial charge in [0, 0.05) is 31.8 Å². The van der Waals surface area contributed by atoms with Gasteiger partial charge in [-0.3, -0.25) is 4.79 Å². The van der Waals surface area contributed by atoms with Crippen molar-refractivity contribution in [2.24, 2.45) is 5.73 Å². The molecule has 1 aromatic rings. The fourth-order valence-corrected chi connectivity index (χ4v) is 1.22. The predicted molar refractivity (Wildman–Crippen MR) is 68.6 cm³/mol. The molecule has 0 radical (unpaired) electrons. The van der Waals surface area contributed by atoms with Crippen LogP contribution in [0, 0.1) is 0 Å². The maximum absolute atomic E-state index is 12.0. The number of ether oxygens (including phenoxy) is 1. The van der Waals surface area contributed by atoms with Gasteiger partial charge in [-0.1, -0.05) is 0 Å². The Kier molecular flexibility index (Phi) is 7.93. The first-order valence-electron chi connectivity index (χ1n) is 5.52. The summed E-state index contributed by atoms with van der Waals surface area (Å²) in [5, 5.41) is 2.57. The quantitative estimate of drug-likeness (QED) is 0.832. The number of alkyl halides is 3. The van der Waals surface area contributed by atoms with Gasteiger partial charge in [0.05, 0.1) is 0 Å². The van der Waals surface area contributed by atoms with Crippen molar-refractivity contribution in [2.75, 3.05) is 13.2 Å². The zero-order valence-corrected chi connectivity index (χ0v) is 11.3. The molecule has 0 aliphatic rings. The van der Waals surface area contributed by atoms with Gasteiger partial charge in [0.25, 0.3) is 0 Å². The van der Waals surface area contributed by atoms with E-state index in [4.69, 9.17) is 5.73 Å². The normalized spacial score (nSPS) is 10.6. The van der Waals surface area contributed by atoms with Crippen molar-refractivity contribution < 1.29 is 22.7 Å². The van der Waals surface area contributed by atoms with Crippen molar-refractivity contribution in [3.8, 4) is 5.88 Å². The lowest BCUT2D eigenvalue weighted by Crippen LogP contribution is -2.25. The van der Waals surface area contributed by atoms with Crippen LogP contribution in [0.5, 0.6) is 5.88 Å². The maximum atomic E-state index is 12.0. The van der Waals surface area contributed by atoms with Crippen LogP contribution < -0.4 is 15.8 Å². The van der Waals surface area contributed by atoms with E-state index in [1.165, 1.54) is 12.3 Å². The number of rotatable bonds is 6. The van der Waals surface area contributed by atoms with Gasteiger partial charge < -0.3 is 15.8 Å². The average Bonchev–Trinajstić information content (AvgIpc) is 2.34. The zero-order valence-electron chi connectivity index (χ0n) is 10.4. The molecule has 0 spiro atoms. The van der Waals surface area contributed by atoms with E-state index in [2.05, 4.69) is 15.0 Å². The second-order valence-electron chi connectivity index (χ2n) is 3.72. The molecule has 9 heteroatoms. The number of pyridine rings is 1. The van der Waals surface area contributed by atoms with Crippen LogP contribution >= 0.6 is 12.4 Å². The Morgan fingerprint density at radius 1 is 1.45 bits per heavy atom. The molecule has 0 aliphatic heterocycles. The van der Waals surface area contributed by atoms with E-state index in [-0.39, 0.29) is 43.7 Å². The molecule has 1 rings (SSSR count). The molecule has 3 N–H and O–H groups in total. The van der Waals surface area contributed by atoms with E-state index < -0.39 is 12.8 Å². The number of nitrogens with one attached hydrogen (secondary N) is 1. The topological polar surface area (TPSA) is 77.2 Å². The minimum Gasteiger partial charge on any atom is -0.468 e. The van der Waals surface area contributed by atoms with Crippen LogP contribution in [0.4, 0.5) is 13.2 Å². The number of amides is 1. The Hall–Kier alpha value is -1.54. The Labute approximate surface area is 120 Å². The van der Waals surface area contributed by atoms with Crippen LogP contribution in [0.2, 0.25) is 0 Å². The molecule has 0 saturated carbocycles. The highest BCUT2D eigenvalue weighted by Gasteiger charge is 2.28. The first-order valence-corrected chi connectivity index (χ1v) is 5.52. The van der Waals surface area contributed by atoms with Crippen LogP contribution in [-0.4, -0.2) is 30.2 Å². The van der Waals surface area contributed by atoms with Gasteiger partial charge in [-0.25, -0.2) is 4.98 Å². The standard InChI is InChI=1S/C11H14F3N3O2.ClH/c12-11(13,14)7-19-10-5-8(2-4-16-10)6-17-9(18)1-3-15;/h2,4-5H,1,3,6-7,15H2,(H,17,18);1H. The van der Waals surface area contributed by atoms with Crippen LogP contribution in [0.25, 0.3) is 0 Å². The van der Waals surface area contributed by atoms with Crippen molar-refractivity contribution in [3.05, 3.63) is 23.9 Å². The highest BCUT2D eigenvalue weighted by Crippen LogP contribution is 2.17. The van der Waals surface area contributed by atoms with Crippen LogP contribution in [0.3, 0.4) is 0 Å². The molecule has 0 saturated heterocycles. The van der Waals surface area contributed by atoms with Gasteiger partial charge in [-0.05, 0) is 11.6 Å². The highest BCUT2D eigenvalue weighted by molar-refractivity contribution is 5.85. The summed E-state index contributed by atoms with van der Waals surface area (Å²) in [5.74, 6) is -0.361. The Balaban J connectivity index is 0.00000361. The maximum Gasteiger partial charge on any atom is 0.422 e. The molecular weight excluding hydrogens is 299 g/mol. The molecule has 20 heavy (non-hydrogen) atoms. The summed E-state index contributed by atoms with van der Waals surface area (Å²) in [4.78, 5) is 14.8. The Bertz CT molecular complexity index is 430. The molecule has 0 aromatic carbocycles. The number of aromatic nitrogens is 1. The Morgan fingerprint density at radius 2 is 2.15 bits per heavy atom. The molecule has 114 valence electrons. The molecule has 0 unspecified atom stereocenters. The first-order chi connectivity index (χ1) is 8.90. The number of hydrogen-bond donors (Lipinski definition) is 2. The van der Waals surface area contributed by atoms with Crippen LogP contribution in [0.1, 0.15) is 12.0 Å². The number of nitrogens with zero attached hydrogens (tertiary/aromatic N) is 1. The summed E-state index contributed by atoms with van der Waals surface area (Å²) < 4.78 is 40.4. The third-order valence-corrected chi connectivity index (χ3v) is 2.04. The molecule has 1 aromatic heterocycles. The summed E-state index contributed by atoms with van der Waals surface area (Å²) in [6, 6.07) is 2.91. The lowest BCUT2D eigenvalue weighted by molar-refractivity contribution is -0.154. The number of nitrogens with two attached hydrogens (primary N) is 1.